The summed E-state index contributed by atoms with van der Waals surface area (Å²) in [6.45, 7) is 3.67. The van der Waals surface area contributed by atoms with E-state index >= 15 is 0 Å². The van der Waals surface area contributed by atoms with E-state index in [4.69, 9.17) is 5.11 Å². The molecule has 20 heavy (non-hydrogen) atoms. The Morgan fingerprint density at radius 3 is 2.45 bits per heavy atom. The van der Waals surface area contributed by atoms with Crippen LogP contribution in [0.15, 0.2) is 29.1 Å². The average molecular weight is 274 g/mol. The van der Waals surface area contributed by atoms with E-state index in [-0.39, 0.29) is 5.69 Å². The Labute approximate surface area is 114 Å². The molecule has 2 N–H and O–H groups in total. The second-order valence-corrected chi connectivity index (χ2v) is 4.54. The van der Waals surface area contributed by atoms with Crippen LogP contribution in [0.5, 0.6) is 5.75 Å². The van der Waals surface area contributed by atoms with Gasteiger partial charge in [0, 0.05) is 6.07 Å². The molecule has 104 valence electrons. The van der Waals surface area contributed by atoms with Crippen molar-refractivity contribution in [2.24, 2.45) is 0 Å². The minimum absolute atomic E-state index is 0.0419. The van der Waals surface area contributed by atoms with Crippen LogP contribution in [0.1, 0.15) is 16.8 Å². The van der Waals surface area contributed by atoms with Crippen LogP contribution in [0.25, 0.3) is 5.69 Å². The van der Waals surface area contributed by atoms with Crippen LogP contribution >= 0.6 is 0 Å². The Balaban J connectivity index is 2.68. The van der Waals surface area contributed by atoms with Crippen LogP contribution in [0.2, 0.25) is 0 Å². The molecule has 2 aromatic rings. The van der Waals surface area contributed by atoms with Gasteiger partial charge in [0.05, 0.1) is 12.1 Å². The summed E-state index contributed by atoms with van der Waals surface area (Å²) < 4.78 is 1.13. The number of hydrogen-bond donors (Lipinski definition) is 2. The molecule has 0 aliphatic rings. The van der Waals surface area contributed by atoms with Gasteiger partial charge >= 0.3 is 5.97 Å². The molecule has 0 saturated carbocycles. The highest BCUT2D eigenvalue weighted by atomic mass is 16.4. The third-order valence-corrected chi connectivity index (χ3v) is 2.96. The number of hydrogen-bond acceptors (Lipinski definition) is 4. The molecule has 0 atom stereocenters. The maximum atomic E-state index is 12.0. The maximum Gasteiger partial charge on any atom is 0.309 e. The lowest BCUT2D eigenvalue weighted by Gasteiger charge is -2.12. The predicted octanol–water partition coefficient (Wildman–Crippen LogP) is 1.18. The number of aromatic nitrogens is 2. The molecule has 6 heteroatoms. The summed E-state index contributed by atoms with van der Waals surface area (Å²) in [5.74, 6) is -1.53. The number of para-hydroxylation sites is 1. The standard InChI is InChI=1S/C14H14N2O4/c1-8-4-3-5-9(2)14(8)16-12(18)7-11(17)10(15-16)6-13(19)20/h3-5,7,17H,6H2,1-2H3,(H,19,20). The number of carboxylic acids is 1. The molecule has 0 aliphatic heterocycles. The minimum Gasteiger partial charge on any atom is -0.506 e. The van der Waals surface area contributed by atoms with E-state index in [2.05, 4.69) is 5.10 Å². The topological polar surface area (TPSA) is 92.4 Å². The van der Waals surface area contributed by atoms with Gasteiger partial charge in [0.2, 0.25) is 0 Å². The Kier molecular flexibility index (Phi) is 3.56. The largest absolute Gasteiger partial charge is 0.506 e. The Morgan fingerprint density at radius 1 is 1.30 bits per heavy atom. The van der Waals surface area contributed by atoms with Crippen LogP contribution in [-0.4, -0.2) is 26.0 Å². The van der Waals surface area contributed by atoms with Gasteiger partial charge in [-0.25, -0.2) is 0 Å². The molecule has 0 aliphatic carbocycles. The molecular formula is C14H14N2O4. The van der Waals surface area contributed by atoms with E-state index in [1.807, 2.05) is 32.0 Å². The molecule has 0 bridgehead atoms. The van der Waals surface area contributed by atoms with Gasteiger partial charge in [-0.1, -0.05) is 18.2 Å². The molecule has 0 saturated heterocycles. The van der Waals surface area contributed by atoms with Crippen molar-refractivity contribution in [1.82, 2.24) is 9.78 Å². The van der Waals surface area contributed by atoms with E-state index in [9.17, 15) is 14.7 Å². The first-order valence-corrected chi connectivity index (χ1v) is 6.00. The highest BCUT2D eigenvalue weighted by Crippen LogP contribution is 2.18. The Hall–Kier alpha value is -2.63. The fraction of sp³-hybridized carbons (Fsp3) is 0.214. The maximum absolute atomic E-state index is 12.0. The monoisotopic (exact) mass is 274 g/mol. The SMILES string of the molecule is Cc1cccc(C)c1-n1nc(CC(=O)O)c(O)cc1=O. The molecule has 6 nitrogen and oxygen atoms in total. The van der Waals surface area contributed by atoms with E-state index in [0.717, 1.165) is 21.9 Å². The van der Waals surface area contributed by atoms with Crippen molar-refractivity contribution in [3.8, 4) is 11.4 Å². The second kappa shape index (κ2) is 5.16. The van der Waals surface area contributed by atoms with E-state index in [1.54, 1.807) is 0 Å². The summed E-state index contributed by atoms with van der Waals surface area (Å²) in [6.07, 6.45) is -0.447. The van der Waals surface area contributed by atoms with Crippen LogP contribution in [0, 0.1) is 13.8 Å². The summed E-state index contributed by atoms with van der Waals surface area (Å²) in [5, 5.41) is 22.4. The Bertz CT molecular complexity index is 714. The summed E-state index contributed by atoms with van der Waals surface area (Å²) in [5.41, 5.74) is 1.73. The number of benzene rings is 1. The van der Waals surface area contributed by atoms with Gasteiger partial charge in [0.25, 0.3) is 5.56 Å². The van der Waals surface area contributed by atoms with E-state index < -0.39 is 23.7 Å². The smallest absolute Gasteiger partial charge is 0.309 e. The van der Waals surface area contributed by atoms with Crippen molar-refractivity contribution >= 4 is 5.97 Å². The zero-order valence-electron chi connectivity index (χ0n) is 11.1. The quantitative estimate of drug-likeness (QED) is 0.876. The summed E-state index contributed by atoms with van der Waals surface area (Å²) in [4.78, 5) is 22.7. The van der Waals surface area contributed by atoms with E-state index in [0.29, 0.717) is 5.69 Å². The molecule has 0 unspecified atom stereocenters. The van der Waals surface area contributed by atoms with Gasteiger partial charge in [0.1, 0.15) is 11.4 Å². The van der Waals surface area contributed by atoms with Crippen molar-refractivity contribution in [2.75, 3.05) is 0 Å². The third kappa shape index (κ3) is 2.54. The number of aliphatic carboxylic acids is 1. The molecule has 1 aromatic carbocycles. The molecule has 1 aromatic heterocycles. The van der Waals surface area contributed by atoms with Crippen molar-refractivity contribution in [3.63, 3.8) is 0 Å². The van der Waals surface area contributed by atoms with Crippen molar-refractivity contribution < 1.29 is 15.0 Å². The number of carboxylic acid groups (broad SMARTS) is 1. The molecule has 0 radical (unpaired) electrons. The number of aromatic hydroxyl groups is 1. The summed E-state index contributed by atoms with van der Waals surface area (Å²) >= 11 is 0. The molecule has 0 spiro atoms. The third-order valence-electron chi connectivity index (χ3n) is 2.96. The van der Waals surface area contributed by atoms with Gasteiger partial charge in [-0.05, 0) is 25.0 Å². The zero-order valence-corrected chi connectivity index (χ0v) is 11.1. The molecule has 2 rings (SSSR count). The number of aryl methyl sites for hydroxylation is 2. The lowest BCUT2D eigenvalue weighted by atomic mass is 10.1. The van der Waals surface area contributed by atoms with Crippen LogP contribution < -0.4 is 5.56 Å². The van der Waals surface area contributed by atoms with Gasteiger partial charge in [0.15, 0.2) is 0 Å². The summed E-state index contributed by atoms with van der Waals surface area (Å²) in [7, 11) is 0. The lowest BCUT2D eigenvalue weighted by molar-refractivity contribution is -0.136. The molecule has 0 amide bonds. The highest BCUT2D eigenvalue weighted by Gasteiger charge is 2.14. The van der Waals surface area contributed by atoms with E-state index in [1.165, 1.54) is 0 Å². The van der Waals surface area contributed by atoms with Gasteiger partial charge in [-0.2, -0.15) is 9.78 Å². The number of carbonyl (C=O) groups is 1. The Morgan fingerprint density at radius 2 is 1.90 bits per heavy atom. The second-order valence-electron chi connectivity index (χ2n) is 4.54. The first kappa shape index (κ1) is 13.8. The molecular weight excluding hydrogens is 260 g/mol. The first-order chi connectivity index (χ1) is 9.40. The van der Waals surface area contributed by atoms with Crippen LogP contribution in [0.3, 0.4) is 0 Å². The minimum atomic E-state index is -1.13. The fourth-order valence-electron chi connectivity index (χ4n) is 2.05. The van der Waals surface area contributed by atoms with Crippen molar-refractivity contribution in [3.05, 3.63) is 51.4 Å². The molecule has 0 fully saturated rings. The van der Waals surface area contributed by atoms with Crippen molar-refractivity contribution in [2.45, 2.75) is 20.3 Å². The molecule has 1 heterocycles. The van der Waals surface area contributed by atoms with Gasteiger partial charge in [-0.15, -0.1) is 0 Å². The normalized spacial score (nSPS) is 10.5. The van der Waals surface area contributed by atoms with Gasteiger partial charge in [-0.3, -0.25) is 9.59 Å². The van der Waals surface area contributed by atoms with Gasteiger partial charge < -0.3 is 10.2 Å². The zero-order chi connectivity index (χ0) is 14.9. The fourth-order valence-corrected chi connectivity index (χ4v) is 2.05. The average Bonchev–Trinajstić information content (AvgIpc) is 2.33. The lowest BCUT2D eigenvalue weighted by Crippen LogP contribution is -2.24. The number of nitrogens with zero attached hydrogens (tertiary/aromatic N) is 2. The van der Waals surface area contributed by atoms with Crippen molar-refractivity contribution in [1.29, 1.82) is 0 Å². The number of rotatable bonds is 3. The first-order valence-electron chi connectivity index (χ1n) is 6.00. The summed E-state index contributed by atoms with van der Waals surface area (Å²) in [6, 6.07) is 6.51. The van der Waals surface area contributed by atoms with Crippen LogP contribution in [0.4, 0.5) is 0 Å². The predicted molar refractivity (Wildman–Crippen MR) is 72.3 cm³/mol. The van der Waals surface area contributed by atoms with Crippen LogP contribution in [-0.2, 0) is 11.2 Å². The highest BCUT2D eigenvalue weighted by molar-refractivity contribution is 5.70.